The van der Waals surface area contributed by atoms with Gasteiger partial charge in [-0.25, -0.2) is 0 Å². The predicted molar refractivity (Wildman–Crippen MR) is 98.3 cm³/mol. The Balaban J connectivity index is 2.03. The quantitative estimate of drug-likeness (QED) is 0.329. The molecule has 0 saturated heterocycles. The summed E-state index contributed by atoms with van der Waals surface area (Å²) < 4.78 is 0.973. The maximum Gasteiger partial charge on any atom is 0.275 e. The van der Waals surface area contributed by atoms with Crippen LogP contribution >= 0.6 is 15.9 Å². The minimum atomic E-state index is -0.301. The Morgan fingerprint density at radius 3 is 2.46 bits per heavy atom. The lowest BCUT2D eigenvalue weighted by Gasteiger charge is -2.34. The summed E-state index contributed by atoms with van der Waals surface area (Å²) in [5.74, 6) is 0. The summed E-state index contributed by atoms with van der Waals surface area (Å²) in [7, 11) is 0. The predicted octanol–water partition coefficient (Wildman–Crippen LogP) is 5.73. The molecule has 1 heterocycles. The number of nitrogens with zero attached hydrogens (tertiary/aromatic N) is 2. The number of para-hydroxylation sites is 2. The Hall–Kier alpha value is -2.66. The SMILES string of the molecule is O=[N+]([O-])c1cccc2c1Cc1cccc(Br)c1N2c1ccccc1. The highest BCUT2D eigenvalue weighted by Gasteiger charge is 2.30. The molecule has 5 heteroatoms. The fourth-order valence-electron chi connectivity index (χ4n) is 3.23. The Morgan fingerprint density at radius 1 is 0.958 bits per heavy atom. The van der Waals surface area contributed by atoms with Crippen molar-refractivity contribution in [3.8, 4) is 0 Å². The van der Waals surface area contributed by atoms with Gasteiger partial charge in [0.15, 0.2) is 0 Å². The number of nitro groups is 1. The minimum absolute atomic E-state index is 0.166. The molecule has 0 atom stereocenters. The van der Waals surface area contributed by atoms with Crippen LogP contribution in [0.25, 0.3) is 0 Å². The maximum absolute atomic E-state index is 11.5. The zero-order chi connectivity index (χ0) is 16.7. The highest BCUT2D eigenvalue weighted by molar-refractivity contribution is 9.10. The second kappa shape index (κ2) is 5.76. The minimum Gasteiger partial charge on any atom is -0.309 e. The van der Waals surface area contributed by atoms with Crippen LogP contribution in [0, 0.1) is 10.1 Å². The van der Waals surface area contributed by atoms with Crippen LogP contribution in [0.3, 0.4) is 0 Å². The third-order valence-electron chi connectivity index (χ3n) is 4.24. The van der Waals surface area contributed by atoms with Crippen molar-refractivity contribution in [2.75, 3.05) is 4.90 Å². The van der Waals surface area contributed by atoms with Gasteiger partial charge in [0.2, 0.25) is 0 Å². The fraction of sp³-hybridized carbons (Fsp3) is 0.0526. The standard InChI is InChI=1S/C19H13BrN2O2/c20-16-9-4-6-13-12-15-17(10-5-11-18(15)22(23)24)21(19(13)16)14-7-2-1-3-8-14/h1-11H,12H2. The molecule has 3 aromatic carbocycles. The monoisotopic (exact) mass is 380 g/mol. The van der Waals surface area contributed by atoms with Crippen molar-refractivity contribution in [3.63, 3.8) is 0 Å². The number of halogens is 1. The summed E-state index contributed by atoms with van der Waals surface area (Å²) in [5, 5.41) is 11.5. The van der Waals surface area contributed by atoms with Crippen LogP contribution in [-0.2, 0) is 6.42 Å². The number of anilines is 3. The zero-order valence-electron chi connectivity index (χ0n) is 12.6. The van der Waals surface area contributed by atoms with Crippen LogP contribution in [0.4, 0.5) is 22.7 Å². The molecule has 0 unspecified atom stereocenters. The molecule has 0 N–H and O–H groups in total. The van der Waals surface area contributed by atoms with Gasteiger partial charge in [0.1, 0.15) is 0 Å². The van der Waals surface area contributed by atoms with Crippen LogP contribution in [0.5, 0.6) is 0 Å². The van der Waals surface area contributed by atoms with E-state index in [1.54, 1.807) is 12.1 Å². The molecule has 0 fully saturated rings. The van der Waals surface area contributed by atoms with E-state index in [1.807, 2.05) is 54.6 Å². The average molecular weight is 381 g/mol. The van der Waals surface area contributed by atoms with Gasteiger partial charge in [-0.05, 0) is 45.8 Å². The van der Waals surface area contributed by atoms with Crippen molar-refractivity contribution in [2.45, 2.75) is 6.42 Å². The Kier molecular flexibility index (Phi) is 3.58. The van der Waals surface area contributed by atoms with E-state index in [2.05, 4.69) is 20.8 Å². The molecule has 4 rings (SSSR count). The number of hydrogen-bond acceptors (Lipinski definition) is 3. The van der Waals surface area contributed by atoms with Crippen molar-refractivity contribution >= 4 is 38.7 Å². The van der Waals surface area contributed by atoms with Gasteiger partial charge in [-0.15, -0.1) is 0 Å². The van der Waals surface area contributed by atoms with E-state index in [0.717, 1.165) is 32.7 Å². The number of nitro benzene ring substituents is 1. The van der Waals surface area contributed by atoms with Gasteiger partial charge >= 0.3 is 0 Å². The van der Waals surface area contributed by atoms with Gasteiger partial charge in [-0.2, -0.15) is 0 Å². The molecule has 0 amide bonds. The van der Waals surface area contributed by atoms with E-state index in [-0.39, 0.29) is 10.6 Å². The molecule has 0 bridgehead atoms. The molecule has 118 valence electrons. The molecule has 0 radical (unpaired) electrons. The van der Waals surface area contributed by atoms with Crippen LogP contribution < -0.4 is 4.90 Å². The largest absolute Gasteiger partial charge is 0.309 e. The van der Waals surface area contributed by atoms with E-state index >= 15 is 0 Å². The van der Waals surface area contributed by atoms with E-state index in [4.69, 9.17) is 0 Å². The van der Waals surface area contributed by atoms with Crippen molar-refractivity contribution < 1.29 is 4.92 Å². The molecule has 3 aromatic rings. The van der Waals surface area contributed by atoms with Gasteiger partial charge in [-0.1, -0.05) is 36.4 Å². The highest BCUT2D eigenvalue weighted by Crippen LogP contribution is 2.48. The summed E-state index contributed by atoms with van der Waals surface area (Å²) in [6.07, 6.45) is 0.546. The highest BCUT2D eigenvalue weighted by atomic mass is 79.9. The summed E-state index contributed by atoms with van der Waals surface area (Å²) in [4.78, 5) is 13.3. The molecule has 0 aromatic heterocycles. The second-order valence-corrected chi connectivity index (χ2v) is 6.48. The molecule has 0 aliphatic carbocycles. The summed E-state index contributed by atoms with van der Waals surface area (Å²) in [6.45, 7) is 0. The van der Waals surface area contributed by atoms with Gasteiger partial charge in [-0.3, -0.25) is 10.1 Å². The van der Waals surface area contributed by atoms with Gasteiger partial charge in [0.25, 0.3) is 5.69 Å². The summed E-state index contributed by atoms with van der Waals surface area (Å²) >= 11 is 3.64. The first-order valence-electron chi connectivity index (χ1n) is 7.55. The molecule has 0 saturated carbocycles. The van der Waals surface area contributed by atoms with Crippen molar-refractivity contribution in [3.05, 3.63) is 92.4 Å². The lowest BCUT2D eigenvalue weighted by molar-refractivity contribution is -0.385. The first kappa shape index (κ1) is 14.9. The van der Waals surface area contributed by atoms with Crippen LogP contribution in [-0.4, -0.2) is 4.92 Å². The Labute approximate surface area is 147 Å². The van der Waals surface area contributed by atoms with E-state index in [9.17, 15) is 10.1 Å². The van der Waals surface area contributed by atoms with Crippen molar-refractivity contribution in [1.29, 1.82) is 0 Å². The third-order valence-corrected chi connectivity index (χ3v) is 4.88. The average Bonchev–Trinajstić information content (AvgIpc) is 2.60. The second-order valence-electron chi connectivity index (χ2n) is 5.63. The first-order chi connectivity index (χ1) is 11.7. The lowest BCUT2D eigenvalue weighted by atomic mass is 9.93. The number of fused-ring (bicyclic) bond motifs is 2. The maximum atomic E-state index is 11.5. The third kappa shape index (κ3) is 2.29. The Bertz CT molecular complexity index is 941. The number of benzene rings is 3. The first-order valence-corrected chi connectivity index (χ1v) is 8.35. The molecule has 1 aliphatic rings. The van der Waals surface area contributed by atoms with Gasteiger partial charge in [0, 0.05) is 22.6 Å². The summed E-state index contributed by atoms with van der Waals surface area (Å²) in [6, 6.07) is 21.2. The number of rotatable bonds is 2. The molecule has 0 spiro atoms. The lowest BCUT2D eigenvalue weighted by Crippen LogP contribution is -2.20. The summed E-state index contributed by atoms with van der Waals surface area (Å²) in [5.41, 5.74) is 4.85. The Morgan fingerprint density at radius 2 is 1.71 bits per heavy atom. The number of hydrogen-bond donors (Lipinski definition) is 0. The molecule has 4 nitrogen and oxygen atoms in total. The van der Waals surface area contributed by atoms with Crippen molar-refractivity contribution in [2.24, 2.45) is 0 Å². The van der Waals surface area contributed by atoms with E-state index < -0.39 is 0 Å². The van der Waals surface area contributed by atoms with Crippen LogP contribution in [0.2, 0.25) is 0 Å². The fourth-order valence-corrected chi connectivity index (χ4v) is 3.82. The van der Waals surface area contributed by atoms with E-state index in [0.29, 0.717) is 6.42 Å². The van der Waals surface area contributed by atoms with E-state index in [1.165, 1.54) is 0 Å². The molecule has 24 heavy (non-hydrogen) atoms. The normalized spacial score (nSPS) is 12.5. The molecule has 1 aliphatic heterocycles. The van der Waals surface area contributed by atoms with Crippen LogP contribution in [0.15, 0.2) is 71.2 Å². The molecular formula is C19H13BrN2O2. The van der Waals surface area contributed by atoms with Gasteiger partial charge < -0.3 is 4.90 Å². The smallest absolute Gasteiger partial charge is 0.275 e. The topological polar surface area (TPSA) is 46.4 Å². The van der Waals surface area contributed by atoms with Crippen molar-refractivity contribution in [1.82, 2.24) is 0 Å². The zero-order valence-corrected chi connectivity index (χ0v) is 14.2. The van der Waals surface area contributed by atoms with Gasteiger partial charge in [0.05, 0.1) is 21.9 Å². The van der Waals surface area contributed by atoms with Crippen LogP contribution in [0.1, 0.15) is 11.1 Å². The molecular weight excluding hydrogens is 368 g/mol.